The Morgan fingerprint density at radius 2 is 1.57 bits per heavy atom. The number of halogens is 1. The van der Waals surface area contributed by atoms with Crippen molar-refractivity contribution in [3.8, 4) is 0 Å². The first-order valence-electron chi connectivity index (χ1n) is 10.0. The first-order chi connectivity index (χ1) is 14.1. The molecule has 0 fully saturated rings. The summed E-state index contributed by atoms with van der Waals surface area (Å²) in [5.41, 5.74) is 1.17. The van der Waals surface area contributed by atoms with E-state index in [-0.39, 0.29) is 23.7 Å². The summed E-state index contributed by atoms with van der Waals surface area (Å²) in [4.78, 5) is 28.7. The van der Waals surface area contributed by atoms with Crippen molar-refractivity contribution in [2.75, 3.05) is 20.6 Å². The summed E-state index contributed by atoms with van der Waals surface area (Å²) in [5, 5.41) is 4.84. The lowest BCUT2D eigenvalue weighted by atomic mass is 10.0. The molecule has 6 heteroatoms. The van der Waals surface area contributed by atoms with E-state index in [0.29, 0.717) is 11.9 Å². The van der Waals surface area contributed by atoms with E-state index < -0.39 is 0 Å². The summed E-state index contributed by atoms with van der Waals surface area (Å²) in [6, 6.07) is 18.0. The maximum absolute atomic E-state index is 13.4. The standard InChI is InChI=1S/C24H23N3O2.ClH/c1-25(2)14-5-6-15-26-23(28)19-11-7-10-18-21-17-9-4-3-8-16(17)12-13-20(21)27(22(18)19)24(26)29;/h3-4,7-13H,5-6,14-15H2,1-2H3;1H. The van der Waals surface area contributed by atoms with E-state index in [0.717, 1.165) is 52.0 Å². The van der Waals surface area contributed by atoms with Gasteiger partial charge in [-0.1, -0.05) is 42.5 Å². The molecule has 5 rings (SSSR count). The van der Waals surface area contributed by atoms with Gasteiger partial charge in [-0.2, -0.15) is 0 Å². The van der Waals surface area contributed by atoms with E-state index >= 15 is 0 Å². The molecule has 0 spiro atoms. The summed E-state index contributed by atoms with van der Waals surface area (Å²) in [6.07, 6.45) is 1.74. The topological polar surface area (TPSA) is 46.7 Å². The van der Waals surface area contributed by atoms with E-state index in [2.05, 4.69) is 17.0 Å². The Bertz CT molecular complexity index is 1480. The number of para-hydroxylation sites is 1. The Morgan fingerprint density at radius 3 is 2.37 bits per heavy atom. The monoisotopic (exact) mass is 421 g/mol. The molecule has 0 amide bonds. The molecular formula is C24H24ClN3O2. The zero-order valence-electron chi connectivity index (χ0n) is 17.1. The number of fused-ring (bicyclic) bond motifs is 5. The lowest BCUT2D eigenvalue weighted by Crippen LogP contribution is -2.37. The summed E-state index contributed by atoms with van der Waals surface area (Å²) < 4.78 is 3.14. The number of nitrogens with zero attached hydrogens (tertiary/aromatic N) is 3. The van der Waals surface area contributed by atoms with Crippen LogP contribution in [-0.4, -0.2) is 34.5 Å². The highest BCUT2D eigenvalue weighted by Crippen LogP contribution is 2.34. The van der Waals surface area contributed by atoms with Crippen LogP contribution >= 0.6 is 12.4 Å². The van der Waals surface area contributed by atoms with Gasteiger partial charge in [-0.3, -0.25) is 13.8 Å². The Kier molecular flexibility index (Phi) is 5.26. The highest BCUT2D eigenvalue weighted by atomic mass is 35.5. The molecule has 154 valence electrons. The number of rotatable bonds is 5. The quantitative estimate of drug-likeness (QED) is 0.401. The van der Waals surface area contributed by atoms with Gasteiger partial charge in [-0.25, -0.2) is 4.79 Å². The minimum Gasteiger partial charge on any atom is -0.309 e. The van der Waals surface area contributed by atoms with Crippen LogP contribution in [0.3, 0.4) is 0 Å². The van der Waals surface area contributed by atoms with Gasteiger partial charge in [-0.05, 0) is 56.4 Å². The number of benzene rings is 3. The third kappa shape index (κ3) is 2.97. The molecule has 0 unspecified atom stereocenters. The van der Waals surface area contributed by atoms with Crippen molar-refractivity contribution in [3.05, 3.63) is 75.4 Å². The maximum atomic E-state index is 13.4. The molecule has 0 aliphatic heterocycles. The third-order valence-electron chi connectivity index (χ3n) is 5.81. The van der Waals surface area contributed by atoms with E-state index in [1.54, 1.807) is 4.40 Å². The van der Waals surface area contributed by atoms with Gasteiger partial charge in [0.25, 0.3) is 5.56 Å². The molecule has 0 saturated carbocycles. The fraction of sp³-hybridized carbons (Fsp3) is 0.250. The SMILES string of the molecule is CN(C)CCCCn1c(=O)c2cccc3c4c5ccccc5ccc4n(c1=O)c23.Cl. The predicted octanol–water partition coefficient (Wildman–Crippen LogP) is 4.12. The number of hydrogen-bond donors (Lipinski definition) is 0. The van der Waals surface area contributed by atoms with Gasteiger partial charge in [0.05, 0.1) is 16.4 Å². The van der Waals surface area contributed by atoms with Crippen LogP contribution < -0.4 is 11.2 Å². The van der Waals surface area contributed by atoms with Gasteiger partial charge in [-0.15, -0.1) is 12.4 Å². The van der Waals surface area contributed by atoms with E-state index in [1.807, 2.05) is 56.6 Å². The van der Waals surface area contributed by atoms with E-state index in [9.17, 15) is 9.59 Å². The van der Waals surface area contributed by atoms with Crippen LogP contribution in [-0.2, 0) is 6.54 Å². The molecule has 0 atom stereocenters. The van der Waals surface area contributed by atoms with Crippen molar-refractivity contribution < 1.29 is 0 Å². The predicted molar refractivity (Wildman–Crippen MR) is 127 cm³/mol. The van der Waals surface area contributed by atoms with Gasteiger partial charge in [0.15, 0.2) is 0 Å². The van der Waals surface area contributed by atoms with Crippen LogP contribution in [0.25, 0.3) is 38.0 Å². The van der Waals surface area contributed by atoms with Crippen molar-refractivity contribution in [2.45, 2.75) is 19.4 Å². The van der Waals surface area contributed by atoms with Crippen LogP contribution in [0.2, 0.25) is 0 Å². The average molecular weight is 422 g/mol. The lowest BCUT2D eigenvalue weighted by molar-refractivity contribution is 0.385. The molecule has 2 heterocycles. The zero-order chi connectivity index (χ0) is 20.1. The summed E-state index contributed by atoms with van der Waals surface area (Å²) in [7, 11) is 4.06. The molecule has 2 aromatic heterocycles. The molecule has 0 aliphatic carbocycles. The van der Waals surface area contributed by atoms with Crippen molar-refractivity contribution in [1.29, 1.82) is 0 Å². The summed E-state index contributed by atoms with van der Waals surface area (Å²) in [5.74, 6) is 0. The minimum absolute atomic E-state index is 0. The second-order valence-electron chi connectivity index (χ2n) is 7.97. The van der Waals surface area contributed by atoms with E-state index in [4.69, 9.17) is 0 Å². The molecule has 0 radical (unpaired) electrons. The molecular weight excluding hydrogens is 398 g/mol. The Balaban J connectivity index is 0.00000218. The largest absolute Gasteiger partial charge is 0.336 e. The molecule has 3 aromatic carbocycles. The van der Waals surface area contributed by atoms with Crippen LogP contribution in [0.5, 0.6) is 0 Å². The van der Waals surface area contributed by atoms with Crippen molar-refractivity contribution in [1.82, 2.24) is 13.9 Å². The fourth-order valence-electron chi connectivity index (χ4n) is 4.46. The second-order valence-corrected chi connectivity index (χ2v) is 7.97. The Hall–Kier alpha value is -2.89. The third-order valence-corrected chi connectivity index (χ3v) is 5.81. The van der Waals surface area contributed by atoms with E-state index in [1.165, 1.54) is 4.57 Å². The average Bonchev–Trinajstić information content (AvgIpc) is 3.07. The molecule has 0 bridgehead atoms. The fourth-order valence-corrected chi connectivity index (χ4v) is 4.46. The molecule has 30 heavy (non-hydrogen) atoms. The maximum Gasteiger partial charge on any atom is 0.336 e. The highest BCUT2D eigenvalue weighted by molar-refractivity contribution is 6.23. The molecule has 0 saturated heterocycles. The zero-order valence-corrected chi connectivity index (χ0v) is 17.9. The summed E-state index contributed by atoms with van der Waals surface area (Å²) in [6.45, 7) is 1.38. The Morgan fingerprint density at radius 1 is 0.833 bits per heavy atom. The van der Waals surface area contributed by atoms with Gasteiger partial charge < -0.3 is 4.90 Å². The lowest BCUT2D eigenvalue weighted by Gasteiger charge is -2.11. The van der Waals surface area contributed by atoms with Crippen LogP contribution in [0.15, 0.2) is 64.2 Å². The van der Waals surface area contributed by atoms with Crippen LogP contribution in [0.4, 0.5) is 0 Å². The first kappa shape index (κ1) is 20.4. The molecule has 5 aromatic rings. The number of aromatic nitrogens is 2. The normalized spacial score (nSPS) is 11.8. The van der Waals surface area contributed by atoms with Gasteiger partial charge >= 0.3 is 5.69 Å². The smallest absolute Gasteiger partial charge is 0.309 e. The molecule has 0 aliphatic rings. The van der Waals surface area contributed by atoms with Gasteiger partial charge in [0.1, 0.15) is 0 Å². The van der Waals surface area contributed by atoms with Gasteiger partial charge in [0, 0.05) is 17.3 Å². The van der Waals surface area contributed by atoms with Crippen molar-refractivity contribution in [2.24, 2.45) is 0 Å². The van der Waals surface area contributed by atoms with Crippen LogP contribution in [0, 0.1) is 0 Å². The number of hydrogen-bond acceptors (Lipinski definition) is 3. The minimum atomic E-state index is -0.242. The molecule has 0 N–H and O–H groups in total. The number of unbranched alkanes of at least 4 members (excludes halogenated alkanes) is 1. The van der Waals surface area contributed by atoms with Crippen molar-refractivity contribution >= 4 is 50.4 Å². The van der Waals surface area contributed by atoms with Crippen molar-refractivity contribution in [3.63, 3.8) is 0 Å². The van der Waals surface area contributed by atoms with Crippen LogP contribution in [0.1, 0.15) is 12.8 Å². The second kappa shape index (κ2) is 7.74. The highest BCUT2D eigenvalue weighted by Gasteiger charge is 2.19. The Labute approximate surface area is 179 Å². The molecule has 5 nitrogen and oxygen atoms in total. The first-order valence-corrected chi connectivity index (χ1v) is 10.0. The summed E-state index contributed by atoms with van der Waals surface area (Å²) >= 11 is 0. The van der Waals surface area contributed by atoms with Gasteiger partial charge in [0.2, 0.25) is 0 Å².